The lowest BCUT2D eigenvalue weighted by Crippen LogP contribution is -2.56. The van der Waals surface area contributed by atoms with Crippen molar-refractivity contribution in [3.05, 3.63) is 29.8 Å². The molecule has 0 aliphatic heterocycles. The molecule has 0 aliphatic carbocycles. The van der Waals surface area contributed by atoms with Gasteiger partial charge >= 0.3 is 6.18 Å². The molecule has 158 valence electrons. The second-order valence-electron chi connectivity index (χ2n) is 6.03. The van der Waals surface area contributed by atoms with Crippen LogP contribution in [0.1, 0.15) is 44.6 Å². The highest BCUT2D eigenvalue weighted by Gasteiger charge is 2.35. The molecule has 0 heterocycles. The normalized spacial score (nSPS) is 13.0. The highest BCUT2D eigenvalue weighted by Crippen LogP contribution is 2.31. The highest BCUT2D eigenvalue weighted by molar-refractivity contribution is 7.80. The molecule has 0 aliphatic rings. The Kier molecular flexibility index (Phi) is 10.1. The maximum atomic E-state index is 12.8. The quantitative estimate of drug-likeness (QED) is 0.192. The zero-order chi connectivity index (χ0) is 21.4. The third-order valence-electron chi connectivity index (χ3n) is 3.61. The maximum absolute atomic E-state index is 12.8. The summed E-state index contributed by atoms with van der Waals surface area (Å²) in [5.41, 5.74) is -0.736. The number of rotatable bonds is 8. The van der Waals surface area contributed by atoms with Crippen molar-refractivity contribution in [3.8, 4) is 0 Å². The molecule has 0 spiro atoms. The summed E-state index contributed by atoms with van der Waals surface area (Å²) in [6, 6.07) is 4.47. The molecule has 28 heavy (non-hydrogen) atoms. The molecule has 0 saturated heterocycles. The fourth-order valence-corrected chi connectivity index (χ4v) is 2.78. The Morgan fingerprint density at radius 3 is 2.39 bits per heavy atom. The van der Waals surface area contributed by atoms with E-state index in [2.05, 4.69) is 22.9 Å². The third-order valence-corrected chi connectivity index (χ3v) is 4.49. The van der Waals surface area contributed by atoms with E-state index in [1.165, 1.54) is 12.1 Å². The summed E-state index contributed by atoms with van der Waals surface area (Å²) in [6.07, 6.45) is -1.74. The van der Waals surface area contributed by atoms with Crippen LogP contribution >= 0.6 is 47.0 Å². The summed E-state index contributed by atoms with van der Waals surface area (Å²) in [6.45, 7) is 2.06. The van der Waals surface area contributed by atoms with E-state index in [1.54, 1.807) is 0 Å². The van der Waals surface area contributed by atoms with E-state index in [4.69, 9.17) is 47.0 Å². The van der Waals surface area contributed by atoms with Crippen LogP contribution in [0.5, 0.6) is 0 Å². The number of halogens is 6. The first-order valence-electron chi connectivity index (χ1n) is 8.54. The number of carbonyl (C=O) groups is 1. The summed E-state index contributed by atoms with van der Waals surface area (Å²) in [4.78, 5) is 12.0. The van der Waals surface area contributed by atoms with E-state index in [-0.39, 0.29) is 23.1 Å². The lowest BCUT2D eigenvalue weighted by atomic mass is 10.1. The topological polar surface area (TPSA) is 53.2 Å². The molecule has 0 fully saturated rings. The molecule has 0 saturated carbocycles. The van der Waals surface area contributed by atoms with E-state index in [0.717, 1.165) is 31.4 Å². The van der Waals surface area contributed by atoms with Crippen molar-refractivity contribution in [2.24, 2.45) is 0 Å². The second-order valence-corrected chi connectivity index (χ2v) is 8.81. The maximum Gasteiger partial charge on any atom is 0.416 e. The first-order valence-corrected chi connectivity index (χ1v) is 10.1. The van der Waals surface area contributed by atoms with E-state index in [1.807, 2.05) is 0 Å². The molecule has 0 radical (unpaired) electrons. The lowest BCUT2D eigenvalue weighted by molar-refractivity contribution is -0.137. The minimum Gasteiger partial charge on any atom is -0.339 e. The highest BCUT2D eigenvalue weighted by atomic mass is 35.6. The average Bonchev–Trinajstić information content (AvgIpc) is 2.57. The zero-order valence-electron chi connectivity index (χ0n) is 15.0. The van der Waals surface area contributed by atoms with Crippen LogP contribution in [-0.2, 0) is 11.0 Å². The van der Waals surface area contributed by atoms with E-state index >= 15 is 0 Å². The van der Waals surface area contributed by atoms with E-state index < -0.39 is 21.7 Å². The van der Waals surface area contributed by atoms with Gasteiger partial charge in [0.05, 0.1) is 5.56 Å². The molecule has 1 aromatic rings. The van der Waals surface area contributed by atoms with Gasteiger partial charge in [0.25, 0.3) is 0 Å². The van der Waals surface area contributed by atoms with Gasteiger partial charge in [0.2, 0.25) is 9.70 Å². The summed E-state index contributed by atoms with van der Waals surface area (Å²) < 4.78 is 36.4. The third kappa shape index (κ3) is 9.49. The van der Waals surface area contributed by atoms with Crippen LogP contribution in [0.4, 0.5) is 18.9 Å². The molecule has 1 amide bonds. The number of hydrogen-bond acceptors (Lipinski definition) is 2. The predicted molar refractivity (Wildman–Crippen MR) is 112 cm³/mol. The number of unbranched alkanes of at least 4 members (excludes halogenated alkanes) is 3. The molecule has 1 aromatic carbocycles. The number of alkyl halides is 6. The fraction of sp³-hybridized carbons (Fsp3) is 0.529. The Morgan fingerprint density at radius 1 is 1.14 bits per heavy atom. The van der Waals surface area contributed by atoms with Crippen LogP contribution in [-0.4, -0.2) is 21.0 Å². The Morgan fingerprint density at radius 2 is 1.82 bits per heavy atom. The molecule has 11 heteroatoms. The van der Waals surface area contributed by atoms with Crippen LogP contribution < -0.4 is 16.0 Å². The molecule has 4 nitrogen and oxygen atoms in total. The molecular formula is C17H21Cl3F3N3OS. The second kappa shape index (κ2) is 11.3. The summed E-state index contributed by atoms with van der Waals surface area (Å²) in [5, 5.41) is 7.61. The SMILES string of the molecule is CCCCCCC(=O)N[C@H](NC(=S)Nc1cccc(C(F)(F)F)c1)C(Cl)(Cl)Cl. The molecule has 1 atom stereocenters. The van der Waals surface area contributed by atoms with E-state index in [9.17, 15) is 18.0 Å². The number of anilines is 1. The summed E-state index contributed by atoms with van der Waals surface area (Å²) in [5.74, 6) is -0.332. The zero-order valence-corrected chi connectivity index (χ0v) is 18.1. The van der Waals surface area contributed by atoms with Gasteiger partial charge in [-0.15, -0.1) is 0 Å². The van der Waals surface area contributed by atoms with Crippen LogP contribution in [0.2, 0.25) is 0 Å². The average molecular weight is 479 g/mol. The van der Waals surface area contributed by atoms with Crippen LogP contribution in [0.15, 0.2) is 24.3 Å². The van der Waals surface area contributed by atoms with Gasteiger partial charge in [-0.25, -0.2) is 0 Å². The first-order chi connectivity index (χ1) is 12.9. The number of nitrogens with one attached hydrogen (secondary N) is 3. The van der Waals surface area contributed by atoms with Crippen molar-refractivity contribution in [1.82, 2.24) is 10.6 Å². The smallest absolute Gasteiger partial charge is 0.339 e. The minimum absolute atomic E-state index is 0.0984. The monoisotopic (exact) mass is 477 g/mol. The van der Waals surface area contributed by atoms with Crippen LogP contribution in [0.3, 0.4) is 0 Å². The number of carbonyl (C=O) groups excluding carboxylic acids is 1. The van der Waals surface area contributed by atoms with Crippen molar-refractivity contribution >= 4 is 63.7 Å². The van der Waals surface area contributed by atoms with Crippen LogP contribution in [0.25, 0.3) is 0 Å². The molecule has 0 bridgehead atoms. The fourth-order valence-electron chi connectivity index (χ4n) is 2.22. The standard InChI is InChI=1S/C17H21Cl3F3N3OS/c1-2-3-4-5-9-13(27)25-14(16(18,19)20)26-15(28)24-12-8-6-7-11(10-12)17(21,22)23/h6-8,10,14H,2-5,9H2,1H3,(H,25,27)(H2,24,26,28)/t14-/m1/s1. The summed E-state index contributed by atoms with van der Waals surface area (Å²) in [7, 11) is 0. The van der Waals surface area contributed by atoms with Gasteiger partial charge < -0.3 is 16.0 Å². The van der Waals surface area contributed by atoms with Gasteiger partial charge in [-0.1, -0.05) is 67.1 Å². The Balaban J connectivity index is 2.69. The van der Waals surface area contributed by atoms with Gasteiger partial charge in [-0.05, 0) is 36.8 Å². The lowest BCUT2D eigenvalue weighted by Gasteiger charge is -2.28. The van der Waals surface area contributed by atoms with Crippen molar-refractivity contribution in [2.75, 3.05) is 5.32 Å². The first kappa shape index (κ1) is 25.1. The molecular weight excluding hydrogens is 458 g/mol. The Hall–Kier alpha value is -0.960. The number of benzene rings is 1. The largest absolute Gasteiger partial charge is 0.416 e. The van der Waals surface area contributed by atoms with Gasteiger partial charge in [-0.3, -0.25) is 4.79 Å². The van der Waals surface area contributed by atoms with Crippen molar-refractivity contribution < 1.29 is 18.0 Å². The molecule has 0 aromatic heterocycles. The summed E-state index contributed by atoms with van der Waals surface area (Å²) >= 11 is 22.7. The molecule has 3 N–H and O–H groups in total. The van der Waals surface area contributed by atoms with Crippen molar-refractivity contribution in [1.29, 1.82) is 0 Å². The Labute approximate surface area is 182 Å². The number of hydrogen-bond donors (Lipinski definition) is 3. The molecule has 1 rings (SSSR count). The predicted octanol–water partition coefficient (Wildman–Crippen LogP) is 5.77. The van der Waals surface area contributed by atoms with Gasteiger partial charge in [0, 0.05) is 12.1 Å². The van der Waals surface area contributed by atoms with E-state index in [0.29, 0.717) is 6.42 Å². The number of amides is 1. The van der Waals surface area contributed by atoms with Gasteiger partial charge in [0.15, 0.2) is 5.11 Å². The minimum atomic E-state index is -4.49. The van der Waals surface area contributed by atoms with Crippen molar-refractivity contribution in [2.45, 2.75) is 55.2 Å². The number of thiocarbonyl (C=S) groups is 1. The van der Waals surface area contributed by atoms with Crippen molar-refractivity contribution in [3.63, 3.8) is 0 Å². The Bertz CT molecular complexity index is 669. The van der Waals surface area contributed by atoms with Gasteiger partial charge in [-0.2, -0.15) is 13.2 Å². The van der Waals surface area contributed by atoms with Crippen LogP contribution in [0, 0.1) is 0 Å². The van der Waals surface area contributed by atoms with Gasteiger partial charge in [0.1, 0.15) is 6.17 Å². The molecule has 0 unspecified atom stereocenters.